The van der Waals surface area contributed by atoms with Crippen molar-refractivity contribution >= 4 is 5.69 Å². The van der Waals surface area contributed by atoms with Gasteiger partial charge in [0.1, 0.15) is 5.82 Å². The number of aliphatic hydroxyl groups is 1. The molecule has 1 aromatic carbocycles. The minimum atomic E-state index is -0.615. The van der Waals surface area contributed by atoms with Crippen molar-refractivity contribution in [2.24, 2.45) is 11.8 Å². The molecule has 3 atom stereocenters. The van der Waals surface area contributed by atoms with Gasteiger partial charge in [-0.05, 0) is 37.7 Å². The number of hydrogen-bond acceptors (Lipinski definition) is 2. The van der Waals surface area contributed by atoms with E-state index in [9.17, 15) is 9.50 Å². The fourth-order valence-electron chi connectivity index (χ4n) is 3.62. The van der Waals surface area contributed by atoms with Gasteiger partial charge in [-0.3, -0.25) is 0 Å². The summed E-state index contributed by atoms with van der Waals surface area (Å²) < 4.78 is 14.1. The first-order valence-corrected chi connectivity index (χ1v) is 6.88. The molecule has 1 saturated carbocycles. The van der Waals surface area contributed by atoms with Crippen LogP contribution in [0.4, 0.5) is 10.1 Å². The molecule has 18 heavy (non-hydrogen) atoms. The Morgan fingerprint density at radius 2 is 1.94 bits per heavy atom. The Kier molecular flexibility index (Phi) is 3.02. The van der Waals surface area contributed by atoms with Crippen molar-refractivity contribution in [3.8, 4) is 0 Å². The number of fused-ring (bicyclic) bond motifs is 1. The molecule has 3 heteroatoms. The summed E-state index contributed by atoms with van der Waals surface area (Å²) in [6.07, 6.45) is 3.26. The molecule has 1 N–H and O–H groups in total. The predicted octanol–water partition coefficient (Wildman–Crippen LogP) is 3.12. The van der Waals surface area contributed by atoms with Crippen LogP contribution in [0.5, 0.6) is 0 Å². The maximum Gasteiger partial charge on any atom is 0.146 e. The lowest BCUT2D eigenvalue weighted by Crippen LogP contribution is -2.23. The summed E-state index contributed by atoms with van der Waals surface area (Å²) in [7, 11) is 0. The molecule has 0 radical (unpaired) electrons. The number of rotatable bonds is 2. The van der Waals surface area contributed by atoms with E-state index < -0.39 is 6.10 Å². The van der Waals surface area contributed by atoms with Crippen molar-refractivity contribution in [2.75, 3.05) is 18.0 Å². The van der Waals surface area contributed by atoms with Crippen molar-refractivity contribution < 1.29 is 9.50 Å². The molecule has 1 aromatic rings. The molecular formula is C15H20FNO. The molecule has 3 rings (SSSR count). The Balaban J connectivity index is 1.92. The van der Waals surface area contributed by atoms with Gasteiger partial charge in [0.25, 0.3) is 0 Å². The molecule has 2 nitrogen and oxygen atoms in total. The van der Waals surface area contributed by atoms with Crippen LogP contribution in [0.3, 0.4) is 0 Å². The number of para-hydroxylation sites is 1. The van der Waals surface area contributed by atoms with E-state index in [1.165, 1.54) is 25.3 Å². The van der Waals surface area contributed by atoms with Crippen molar-refractivity contribution in [1.82, 2.24) is 0 Å². The van der Waals surface area contributed by atoms with Gasteiger partial charge in [0, 0.05) is 18.7 Å². The highest BCUT2D eigenvalue weighted by Gasteiger charge is 2.37. The summed E-state index contributed by atoms with van der Waals surface area (Å²) in [6, 6.07) is 5.00. The van der Waals surface area contributed by atoms with Gasteiger partial charge in [0.15, 0.2) is 0 Å². The molecule has 1 aliphatic heterocycles. The highest BCUT2D eigenvalue weighted by molar-refractivity contribution is 5.56. The second kappa shape index (κ2) is 4.54. The van der Waals surface area contributed by atoms with Crippen LogP contribution in [-0.4, -0.2) is 18.2 Å². The first-order chi connectivity index (χ1) is 8.66. The van der Waals surface area contributed by atoms with Crippen LogP contribution in [0.25, 0.3) is 0 Å². The number of nitrogens with zero attached hydrogens (tertiary/aromatic N) is 1. The van der Waals surface area contributed by atoms with Crippen LogP contribution >= 0.6 is 0 Å². The quantitative estimate of drug-likeness (QED) is 0.870. The summed E-state index contributed by atoms with van der Waals surface area (Å²) in [6.45, 7) is 3.60. The van der Waals surface area contributed by atoms with Gasteiger partial charge in [0.05, 0.1) is 11.8 Å². The molecule has 2 unspecified atom stereocenters. The van der Waals surface area contributed by atoms with Crippen LogP contribution in [-0.2, 0) is 0 Å². The van der Waals surface area contributed by atoms with Gasteiger partial charge >= 0.3 is 0 Å². The minimum Gasteiger partial charge on any atom is -0.389 e. The SMILES string of the molecule is C[C@H](O)c1cccc(F)c1N1CC2CCCC2C1. The Morgan fingerprint density at radius 3 is 2.56 bits per heavy atom. The number of aliphatic hydroxyl groups excluding tert-OH is 1. The maximum absolute atomic E-state index is 14.1. The lowest BCUT2D eigenvalue weighted by atomic mass is 10.0. The average Bonchev–Trinajstić information content (AvgIpc) is 2.88. The third-order valence-electron chi connectivity index (χ3n) is 4.51. The van der Waals surface area contributed by atoms with E-state index in [0.717, 1.165) is 30.5 Å². The standard InChI is InChI=1S/C15H20FNO/c1-10(18)13-6-3-7-14(16)15(13)17-8-11-4-2-5-12(11)9-17/h3,6-7,10-12,18H,2,4-5,8-9H2,1H3/t10-,11?,12?/m0/s1. The number of benzene rings is 1. The first-order valence-electron chi connectivity index (χ1n) is 6.88. The van der Waals surface area contributed by atoms with Gasteiger partial charge in [0.2, 0.25) is 0 Å². The van der Waals surface area contributed by atoms with E-state index in [1.54, 1.807) is 13.0 Å². The molecule has 0 bridgehead atoms. The van der Waals surface area contributed by atoms with Crippen molar-refractivity contribution in [3.05, 3.63) is 29.6 Å². The van der Waals surface area contributed by atoms with Crippen molar-refractivity contribution in [3.63, 3.8) is 0 Å². The molecule has 0 amide bonds. The lowest BCUT2D eigenvalue weighted by molar-refractivity contribution is 0.199. The van der Waals surface area contributed by atoms with Crippen LogP contribution in [0.15, 0.2) is 18.2 Å². The molecule has 1 saturated heterocycles. The minimum absolute atomic E-state index is 0.201. The van der Waals surface area contributed by atoms with E-state index in [2.05, 4.69) is 4.90 Å². The smallest absolute Gasteiger partial charge is 0.146 e. The van der Waals surface area contributed by atoms with Crippen molar-refractivity contribution in [2.45, 2.75) is 32.3 Å². The summed E-state index contributed by atoms with van der Waals surface area (Å²) >= 11 is 0. The van der Waals surface area contributed by atoms with Crippen LogP contribution in [0.2, 0.25) is 0 Å². The Labute approximate surface area is 107 Å². The molecule has 98 valence electrons. The van der Waals surface area contributed by atoms with Gasteiger partial charge < -0.3 is 10.0 Å². The van der Waals surface area contributed by atoms with E-state index >= 15 is 0 Å². The monoisotopic (exact) mass is 249 g/mol. The molecule has 0 aromatic heterocycles. The van der Waals surface area contributed by atoms with E-state index in [0.29, 0.717) is 5.69 Å². The third-order valence-corrected chi connectivity index (χ3v) is 4.51. The summed E-state index contributed by atoms with van der Waals surface area (Å²) in [5.41, 5.74) is 1.34. The normalized spacial score (nSPS) is 28.5. The molecule has 1 aliphatic carbocycles. The van der Waals surface area contributed by atoms with Gasteiger partial charge in [-0.1, -0.05) is 18.6 Å². The number of anilines is 1. The van der Waals surface area contributed by atoms with E-state index in [1.807, 2.05) is 6.07 Å². The van der Waals surface area contributed by atoms with Crippen LogP contribution < -0.4 is 4.90 Å². The maximum atomic E-state index is 14.1. The number of halogens is 1. The van der Waals surface area contributed by atoms with Crippen LogP contribution in [0, 0.1) is 17.7 Å². The second-order valence-electron chi connectivity index (χ2n) is 5.71. The van der Waals surface area contributed by atoms with Gasteiger partial charge in [-0.2, -0.15) is 0 Å². The predicted molar refractivity (Wildman–Crippen MR) is 70.1 cm³/mol. The molecule has 2 aliphatic rings. The van der Waals surface area contributed by atoms with Gasteiger partial charge in [-0.25, -0.2) is 4.39 Å². The van der Waals surface area contributed by atoms with E-state index in [4.69, 9.17) is 0 Å². The highest BCUT2D eigenvalue weighted by Crippen LogP contribution is 2.41. The largest absolute Gasteiger partial charge is 0.389 e. The molecule has 2 fully saturated rings. The van der Waals surface area contributed by atoms with Crippen molar-refractivity contribution in [1.29, 1.82) is 0 Å². The zero-order valence-corrected chi connectivity index (χ0v) is 10.8. The Morgan fingerprint density at radius 1 is 1.28 bits per heavy atom. The molecule has 0 spiro atoms. The Hall–Kier alpha value is -1.09. The number of hydrogen-bond donors (Lipinski definition) is 1. The fraction of sp³-hybridized carbons (Fsp3) is 0.600. The summed E-state index contributed by atoms with van der Waals surface area (Å²) in [5.74, 6) is 1.26. The molecular weight excluding hydrogens is 229 g/mol. The van der Waals surface area contributed by atoms with Gasteiger partial charge in [-0.15, -0.1) is 0 Å². The average molecular weight is 249 g/mol. The fourth-order valence-corrected chi connectivity index (χ4v) is 3.62. The summed E-state index contributed by atoms with van der Waals surface area (Å²) in [4.78, 5) is 2.14. The Bertz CT molecular complexity index is 434. The lowest BCUT2D eigenvalue weighted by Gasteiger charge is -2.24. The molecule has 1 heterocycles. The topological polar surface area (TPSA) is 23.5 Å². The highest BCUT2D eigenvalue weighted by atomic mass is 19.1. The second-order valence-corrected chi connectivity index (χ2v) is 5.71. The zero-order valence-electron chi connectivity index (χ0n) is 10.8. The zero-order chi connectivity index (χ0) is 12.7. The summed E-state index contributed by atoms with van der Waals surface area (Å²) in [5, 5.41) is 9.80. The van der Waals surface area contributed by atoms with Crippen LogP contribution in [0.1, 0.15) is 37.9 Å². The van der Waals surface area contributed by atoms with E-state index in [-0.39, 0.29) is 5.82 Å². The first kappa shape index (κ1) is 12.0. The third kappa shape index (κ3) is 1.91.